The number of hydrogen-bond acceptors (Lipinski definition) is 4. The Balaban J connectivity index is 2.35. The van der Waals surface area contributed by atoms with Crippen molar-refractivity contribution in [2.75, 3.05) is 0 Å². The minimum absolute atomic E-state index is 0.197. The van der Waals surface area contributed by atoms with E-state index in [1.165, 1.54) is 0 Å². The van der Waals surface area contributed by atoms with Crippen LogP contribution in [0.25, 0.3) is 0 Å². The Kier molecular flexibility index (Phi) is 2.88. The van der Waals surface area contributed by atoms with E-state index >= 15 is 0 Å². The summed E-state index contributed by atoms with van der Waals surface area (Å²) in [6.07, 6.45) is 0.104. The van der Waals surface area contributed by atoms with Crippen LogP contribution in [0.15, 0.2) is 0 Å². The van der Waals surface area contributed by atoms with E-state index in [0.717, 1.165) is 0 Å². The molecule has 0 radical (unpaired) electrons. The fraction of sp³-hybridized carbons (Fsp3) is 0.857. The van der Waals surface area contributed by atoms with E-state index in [1.54, 1.807) is 0 Å². The van der Waals surface area contributed by atoms with E-state index in [1.807, 2.05) is 0 Å². The second-order valence-electron chi connectivity index (χ2n) is 3.10. The molecule has 0 bridgehead atoms. The Labute approximate surface area is 70.7 Å². The van der Waals surface area contributed by atoms with Crippen molar-refractivity contribution in [3.63, 3.8) is 0 Å². The molecule has 1 aliphatic rings. The monoisotopic (exact) mass is 174 g/mol. The predicted molar refractivity (Wildman–Crippen MR) is 42.3 cm³/mol. The number of hydrogen-bond donors (Lipinski definition) is 3. The second-order valence-corrected chi connectivity index (χ2v) is 3.10. The van der Waals surface area contributed by atoms with Gasteiger partial charge in [0.2, 0.25) is 0 Å². The van der Waals surface area contributed by atoms with Gasteiger partial charge in [-0.2, -0.15) is 0 Å². The van der Waals surface area contributed by atoms with Crippen molar-refractivity contribution < 1.29 is 14.6 Å². The van der Waals surface area contributed by atoms with E-state index in [9.17, 15) is 9.90 Å². The summed E-state index contributed by atoms with van der Waals surface area (Å²) in [5, 5.41) is 9.30. The first-order chi connectivity index (χ1) is 5.59. The van der Waals surface area contributed by atoms with Crippen LogP contribution in [-0.4, -0.2) is 29.4 Å². The van der Waals surface area contributed by atoms with Gasteiger partial charge in [-0.3, -0.25) is 0 Å². The normalized spacial score (nSPS) is 36.0. The van der Waals surface area contributed by atoms with Crippen molar-refractivity contribution >= 4 is 6.09 Å². The first-order valence-electron chi connectivity index (χ1n) is 3.99. The summed E-state index contributed by atoms with van der Waals surface area (Å²) in [5.41, 5.74) is 10.4. The lowest BCUT2D eigenvalue weighted by molar-refractivity contribution is 0.0160. The molecule has 0 aromatic heterocycles. The molecule has 70 valence electrons. The van der Waals surface area contributed by atoms with Crippen LogP contribution in [0.2, 0.25) is 0 Å². The van der Waals surface area contributed by atoms with E-state index in [0.29, 0.717) is 19.3 Å². The number of ether oxygens (including phenoxy) is 1. The molecule has 0 saturated heterocycles. The molecule has 0 aromatic carbocycles. The standard InChI is InChI=1S/C7H14N2O3/c8-5-2-1-4(3-6(5)10)12-7(9)11/h4-6,10H,1-3,8H2,(H2,9,11)/t4-,5-,6+/m0/s1. The summed E-state index contributed by atoms with van der Waals surface area (Å²) >= 11 is 0. The molecule has 1 aliphatic carbocycles. The lowest BCUT2D eigenvalue weighted by Crippen LogP contribution is -2.43. The van der Waals surface area contributed by atoms with Gasteiger partial charge in [0.05, 0.1) is 6.10 Å². The highest BCUT2D eigenvalue weighted by atomic mass is 16.6. The number of aliphatic hydroxyl groups excluding tert-OH is 1. The van der Waals surface area contributed by atoms with Gasteiger partial charge in [-0.05, 0) is 12.8 Å². The second kappa shape index (κ2) is 3.73. The van der Waals surface area contributed by atoms with Crippen LogP contribution >= 0.6 is 0 Å². The molecule has 0 spiro atoms. The Morgan fingerprint density at radius 2 is 2.17 bits per heavy atom. The maximum absolute atomic E-state index is 10.3. The largest absolute Gasteiger partial charge is 0.446 e. The SMILES string of the molecule is NC(=O)O[C@H]1CC[C@H](N)[C@H](O)C1. The van der Waals surface area contributed by atoms with E-state index in [4.69, 9.17) is 16.2 Å². The Morgan fingerprint density at radius 3 is 2.67 bits per heavy atom. The number of nitrogens with two attached hydrogens (primary N) is 2. The van der Waals surface area contributed by atoms with Gasteiger partial charge in [-0.25, -0.2) is 4.79 Å². The molecule has 0 heterocycles. The summed E-state index contributed by atoms with van der Waals surface area (Å²) < 4.78 is 4.73. The predicted octanol–water partition coefficient (Wildman–Crippen LogP) is -0.678. The van der Waals surface area contributed by atoms with Crippen LogP contribution in [0.3, 0.4) is 0 Å². The van der Waals surface area contributed by atoms with Crippen LogP contribution in [-0.2, 0) is 4.74 Å². The zero-order valence-electron chi connectivity index (χ0n) is 6.77. The number of carbonyl (C=O) groups excluding carboxylic acids is 1. The quantitative estimate of drug-likeness (QED) is 0.490. The fourth-order valence-corrected chi connectivity index (χ4v) is 1.40. The van der Waals surface area contributed by atoms with Gasteiger partial charge in [-0.15, -0.1) is 0 Å². The van der Waals surface area contributed by atoms with Crippen molar-refractivity contribution in [3.05, 3.63) is 0 Å². The van der Waals surface area contributed by atoms with Crippen LogP contribution in [0, 0.1) is 0 Å². The minimum Gasteiger partial charge on any atom is -0.446 e. The molecule has 1 rings (SSSR count). The lowest BCUT2D eigenvalue weighted by Gasteiger charge is -2.29. The number of amides is 1. The van der Waals surface area contributed by atoms with Crippen LogP contribution in [0.4, 0.5) is 4.79 Å². The highest BCUT2D eigenvalue weighted by molar-refractivity contribution is 5.64. The van der Waals surface area contributed by atoms with Gasteiger partial charge >= 0.3 is 6.09 Å². The summed E-state index contributed by atoms with van der Waals surface area (Å²) in [6, 6.07) is -0.197. The lowest BCUT2D eigenvalue weighted by atomic mass is 9.91. The van der Waals surface area contributed by atoms with Crippen LogP contribution < -0.4 is 11.5 Å². The Bertz CT molecular complexity index is 174. The average Bonchev–Trinajstić information content (AvgIpc) is 1.96. The third kappa shape index (κ3) is 2.35. The van der Waals surface area contributed by atoms with Gasteiger partial charge in [0, 0.05) is 12.5 Å². The molecular formula is C7H14N2O3. The fourth-order valence-electron chi connectivity index (χ4n) is 1.40. The number of rotatable bonds is 1. The number of carbonyl (C=O) groups is 1. The Hall–Kier alpha value is -0.810. The zero-order valence-corrected chi connectivity index (χ0v) is 6.77. The van der Waals surface area contributed by atoms with Crippen molar-refractivity contribution in [2.45, 2.75) is 37.5 Å². The summed E-state index contributed by atoms with van der Waals surface area (Å²) in [7, 11) is 0. The summed E-state index contributed by atoms with van der Waals surface area (Å²) in [6.45, 7) is 0. The van der Waals surface area contributed by atoms with Crippen molar-refractivity contribution in [2.24, 2.45) is 11.5 Å². The van der Waals surface area contributed by atoms with Crippen LogP contribution in [0.5, 0.6) is 0 Å². The first-order valence-corrected chi connectivity index (χ1v) is 3.99. The van der Waals surface area contributed by atoms with Gasteiger partial charge in [0.25, 0.3) is 0 Å². The average molecular weight is 174 g/mol. The highest BCUT2D eigenvalue weighted by Crippen LogP contribution is 2.20. The molecule has 0 unspecified atom stereocenters. The smallest absolute Gasteiger partial charge is 0.404 e. The van der Waals surface area contributed by atoms with Gasteiger partial charge in [-0.1, -0.05) is 0 Å². The zero-order chi connectivity index (χ0) is 9.14. The van der Waals surface area contributed by atoms with E-state index < -0.39 is 12.2 Å². The topological polar surface area (TPSA) is 98.6 Å². The summed E-state index contributed by atoms with van der Waals surface area (Å²) in [4.78, 5) is 10.3. The minimum atomic E-state index is -0.789. The van der Waals surface area contributed by atoms with Crippen molar-refractivity contribution in [1.29, 1.82) is 0 Å². The maximum Gasteiger partial charge on any atom is 0.404 e. The molecule has 0 aliphatic heterocycles. The molecule has 12 heavy (non-hydrogen) atoms. The number of primary amides is 1. The van der Waals surface area contributed by atoms with Crippen molar-refractivity contribution in [3.8, 4) is 0 Å². The van der Waals surface area contributed by atoms with Gasteiger partial charge < -0.3 is 21.3 Å². The Morgan fingerprint density at radius 1 is 1.50 bits per heavy atom. The molecule has 5 heteroatoms. The van der Waals surface area contributed by atoms with E-state index in [-0.39, 0.29) is 12.1 Å². The highest BCUT2D eigenvalue weighted by Gasteiger charge is 2.28. The number of aliphatic hydroxyl groups is 1. The molecule has 3 atom stereocenters. The van der Waals surface area contributed by atoms with E-state index in [2.05, 4.69) is 0 Å². The van der Waals surface area contributed by atoms with Gasteiger partial charge in [0.15, 0.2) is 0 Å². The molecule has 5 N–H and O–H groups in total. The molecule has 1 saturated carbocycles. The summed E-state index contributed by atoms with van der Waals surface area (Å²) in [5.74, 6) is 0. The van der Waals surface area contributed by atoms with Crippen molar-refractivity contribution in [1.82, 2.24) is 0 Å². The third-order valence-corrected chi connectivity index (χ3v) is 2.10. The molecule has 1 fully saturated rings. The maximum atomic E-state index is 10.3. The first kappa shape index (κ1) is 9.28. The molecule has 5 nitrogen and oxygen atoms in total. The molecule has 0 aromatic rings. The van der Waals surface area contributed by atoms with Gasteiger partial charge in [0.1, 0.15) is 6.10 Å². The molecular weight excluding hydrogens is 160 g/mol. The van der Waals surface area contributed by atoms with Crippen LogP contribution in [0.1, 0.15) is 19.3 Å². The molecule has 1 amide bonds. The third-order valence-electron chi connectivity index (χ3n) is 2.10.